The molecular formula is C15H32ClN. The number of unbranched alkanes of at least 4 members (excludes halogenated alkanes) is 8. The van der Waals surface area contributed by atoms with Crippen LogP contribution in [0.3, 0.4) is 0 Å². The van der Waals surface area contributed by atoms with Gasteiger partial charge < -0.3 is 4.90 Å². The van der Waals surface area contributed by atoms with Crippen molar-refractivity contribution in [2.45, 2.75) is 71.6 Å². The fraction of sp³-hybridized carbons (Fsp3) is 1.00. The summed E-state index contributed by atoms with van der Waals surface area (Å²) in [5.41, 5.74) is 0. The van der Waals surface area contributed by atoms with Gasteiger partial charge >= 0.3 is 0 Å². The third-order valence-electron chi connectivity index (χ3n) is 3.50. The number of rotatable bonds is 13. The predicted octanol–water partition coefficient (Wildman–Crippen LogP) is 5.08. The number of halogens is 1. The lowest BCUT2D eigenvalue weighted by atomic mass is 10.1. The molecule has 0 rings (SSSR count). The second-order valence-corrected chi connectivity index (χ2v) is 5.28. The summed E-state index contributed by atoms with van der Waals surface area (Å²) in [4.78, 5) is 2.52. The first kappa shape index (κ1) is 17.2. The van der Waals surface area contributed by atoms with Gasteiger partial charge in [0.05, 0.1) is 0 Å². The highest BCUT2D eigenvalue weighted by Gasteiger charge is 1.98. The lowest BCUT2D eigenvalue weighted by Crippen LogP contribution is -2.23. The van der Waals surface area contributed by atoms with Crippen molar-refractivity contribution in [3.05, 3.63) is 0 Å². The van der Waals surface area contributed by atoms with E-state index in [0.29, 0.717) is 0 Å². The van der Waals surface area contributed by atoms with Gasteiger partial charge in [-0.05, 0) is 32.5 Å². The highest BCUT2D eigenvalue weighted by atomic mass is 35.5. The highest BCUT2D eigenvalue weighted by Crippen LogP contribution is 2.10. The number of hydrogen-bond donors (Lipinski definition) is 0. The van der Waals surface area contributed by atoms with Crippen molar-refractivity contribution in [3.63, 3.8) is 0 Å². The molecule has 0 saturated heterocycles. The van der Waals surface area contributed by atoms with Crippen LogP contribution in [0, 0.1) is 0 Å². The molecule has 0 aromatic rings. The van der Waals surface area contributed by atoms with Gasteiger partial charge in [-0.2, -0.15) is 0 Å². The van der Waals surface area contributed by atoms with E-state index in [1.165, 1.54) is 77.4 Å². The molecule has 0 radical (unpaired) electrons. The Bertz CT molecular complexity index is 135. The Kier molecular flexibility index (Phi) is 14.5. The van der Waals surface area contributed by atoms with Gasteiger partial charge in [0.15, 0.2) is 0 Å². The molecule has 0 spiro atoms. The van der Waals surface area contributed by atoms with Crippen LogP contribution in [0.25, 0.3) is 0 Å². The minimum atomic E-state index is 0.839. The molecule has 0 saturated carbocycles. The molecule has 0 bridgehead atoms. The van der Waals surface area contributed by atoms with Crippen LogP contribution in [0.15, 0.2) is 0 Å². The van der Waals surface area contributed by atoms with Gasteiger partial charge in [0, 0.05) is 5.88 Å². The van der Waals surface area contributed by atoms with Crippen LogP contribution in [-0.4, -0.2) is 30.4 Å². The Hall–Kier alpha value is 0.250. The summed E-state index contributed by atoms with van der Waals surface area (Å²) in [6, 6.07) is 0. The molecule has 0 fully saturated rings. The van der Waals surface area contributed by atoms with Gasteiger partial charge in [-0.1, -0.05) is 58.8 Å². The summed E-state index contributed by atoms with van der Waals surface area (Å²) in [6.07, 6.45) is 12.4. The molecule has 0 amide bonds. The molecule has 0 aromatic heterocycles. The van der Waals surface area contributed by atoms with Gasteiger partial charge in [-0.15, -0.1) is 11.6 Å². The van der Waals surface area contributed by atoms with Crippen LogP contribution in [-0.2, 0) is 0 Å². The Balaban J connectivity index is 3.03. The topological polar surface area (TPSA) is 3.24 Å². The molecule has 0 aliphatic heterocycles. The third kappa shape index (κ3) is 12.5. The standard InChI is InChI=1S/C15H32ClN/c1-3-17(4-2)15-13-11-9-7-5-6-8-10-12-14-16/h3-15H2,1-2H3. The molecule has 17 heavy (non-hydrogen) atoms. The molecule has 2 heteroatoms. The molecule has 0 heterocycles. The van der Waals surface area contributed by atoms with Gasteiger partial charge in [-0.3, -0.25) is 0 Å². The monoisotopic (exact) mass is 261 g/mol. The molecule has 0 unspecified atom stereocenters. The fourth-order valence-electron chi connectivity index (χ4n) is 2.21. The Morgan fingerprint density at radius 1 is 0.647 bits per heavy atom. The summed E-state index contributed by atoms with van der Waals surface area (Å²) >= 11 is 5.64. The molecule has 0 N–H and O–H groups in total. The van der Waals surface area contributed by atoms with Crippen LogP contribution in [0.4, 0.5) is 0 Å². The highest BCUT2D eigenvalue weighted by molar-refractivity contribution is 6.17. The second kappa shape index (κ2) is 14.3. The quantitative estimate of drug-likeness (QED) is 0.330. The van der Waals surface area contributed by atoms with E-state index in [4.69, 9.17) is 11.6 Å². The minimum absolute atomic E-state index is 0.839. The van der Waals surface area contributed by atoms with Crippen molar-refractivity contribution < 1.29 is 0 Å². The largest absolute Gasteiger partial charge is 0.304 e. The minimum Gasteiger partial charge on any atom is -0.304 e. The predicted molar refractivity (Wildman–Crippen MR) is 80.1 cm³/mol. The number of nitrogens with zero attached hydrogens (tertiary/aromatic N) is 1. The first-order valence-electron chi connectivity index (χ1n) is 7.63. The first-order valence-corrected chi connectivity index (χ1v) is 8.16. The normalized spacial score (nSPS) is 11.3. The molecule has 0 aromatic carbocycles. The van der Waals surface area contributed by atoms with E-state index < -0.39 is 0 Å². The van der Waals surface area contributed by atoms with Crippen molar-refractivity contribution in [1.82, 2.24) is 4.90 Å². The lowest BCUT2D eigenvalue weighted by molar-refractivity contribution is 0.295. The Morgan fingerprint density at radius 2 is 1.06 bits per heavy atom. The smallest absolute Gasteiger partial charge is 0.0223 e. The SMILES string of the molecule is CCN(CC)CCCCCCCCCCCCl. The maximum Gasteiger partial charge on any atom is 0.0223 e. The molecule has 0 atom stereocenters. The zero-order chi connectivity index (χ0) is 12.8. The summed E-state index contributed by atoms with van der Waals surface area (Å²) < 4.78 is 0. The van der Waals surface area contributed by atoms with Gasteiger partial charge in [0.2, 0.25) is 0 Å². The van der Waals surface area contributed by atoms with Crippen LogP contribution < -0.4 is 0 Å². The maximum atomic E-state index is 5.64. The summed E-state index contributed by atoms with van der Waals surface area (Å²) in [5.74, 6) is 0.839. The average Bonchev–Trinajstić information content (AvgIpc) is 2.36. The number of hydrogen-bond acceptors (Lipinski definition) is 1. The van der Waals surface area contributed by atoms with Gasteiger partial charge in [-0.25, -0.2) is 0 Å². The summed E-state index contributed by atoms with van der Waals surface area (Å²) in [7, 11) is 0. The Labute approximate surface area is 114 Å². The van der Waals surface area contributed by atoms with E-state index in [9.17, 15) is 0 Å². The van der Waals surface area contributed by atoms with Crippen molar-refractivity contribution >= 4 is 11.6 Å². The van der Waals surface area contributed by atoms with Gasteiger partial charge in [0.25, 0.3) is 0 Å². The fourth-order valence-corrected chi connectivity index (χ4v) is 2.40. The van der Waals surface area contributed by atoms with Crippen molar-refractivity contribution in [2.24, 2.45) is 0 Å². The van der Waals surface area contributed by atoms with Crippen LogP contribution in [0.1, 0.15) is 71.6 Å². The lowest BCUT2D eigenvalue weighted by Gasteiger charge is -2.17. The van der Waals surface area contributed by atoms with Crippen molar-refractivity contribution in [2.75, 3.05) is 25.5 Å². The summed E-state index contributed by atoms with van der Waals surface area (Å²) in [5, 5.41) is 0. The maximum absolute atomic E-state index is 5.64. The second-order valence-electron chi connectivity index (χ2n) is 4.90. The van der Waals surface area contributed by atoms with E-state index in [-0.39, 0.29) is 0 Å². The van der Waals surface area contributed by atoms with E-state index in [0.717, 1.165) is 5.88 Å². The molecule has 104 valence electrons. The number of alkyl halides is 1. The average molecular weight is 262 g/mol. The van der Waals surface area contributed by atoms with Crippen LogP contribution in [0.2, 0.25) is 0 Å². The third-order valence-corrected chi connectivity index (χ3v) is 3.77. The molecule has 0 aliphatic rings. The molecule has 0 aliphatic carbocycles. The molecule has 1 nitrogen and oxygen atoms in total. The summed E-state index contributed by atoms with van der Waals surface area (Å²) in [6.45, 7) is 8.21. The molecular weight excluding hydrogens is 230 g/mol. The Morgan fingerprint density at radius 3 is 1.47 bits per heavy atom. The van der Waals surface area contributed by atoms with Crippen LogP contribution >= 0.6 is 11.6 Å². The first-order chi connectivity index (χ1) is 8.35. The van der Waals surface area contributed by atoms with Gasteiger partial charge in [0.1, 0.15) is 0 Å². The zero-order valence-corrected chi connectivity index (χ0v) is 12.8. The van der Waals surface area contributed by atoms with Crippen molar-refractivity contribution in [3.8, 4) is 0 Å². The van der Waals surface area contributed by atoms with E-state index >= 15 is 0 Å². The van der Waals surface area contributed by atoms with E-state index in [1.807, 2.05) is 0 Å². The zero-order valence-electron chi connectivity index (χ0n) is 12.0. The van der Waals surface area contributed by atoms with E-state index in [1.54, 1.807) is 0 Å². The van der Waals surface area contributed by atoms with Crippen LogP contribution in [0.5, 0.6) is 0 Å². The van der Waals surface area contributed by atoms with Crippen molar-refractivity contribution in [1.29, 1.82) is 0 Å². The van der Waals surface area contributed by atoms with E-state index in [2.05, 4.69) is 18.7 Å².